The van der Waals surface area contributed by atoms with E-state index in [1.807, 2.05) is 11.9 Å². The average Bonchev–Trinajstić information content (AvgIpc) is 2.99. The van der Waals surface area contributed by atoms with Gasteiger partial charge in [0, 0.05) is 17.8 Å². The standard InChI is InChI=1S/C22H24N2S/c1-15(2)18-14-23-22(21(18)17-10-6-5-7-11-17)24(16(3)4)19-12-8-9-13-20(19)25-23/h5-16H,1-4H3. The van der Waals surface area contributed by atoms with E-state index in [0.717, 1.165) is 0 Å². The van der Waals surface area contributed by atoms with Crippen molar-refractivity contribution in [2.75, 3.05) is 4.90 Å². The molecule has 128 valence electrons. The van der Waals surface area contributed by atoms with Crippen molar-refractivity contribution in [3.05, 3.63) is 66.4 Å². The number of rotatable bonds is 3. The second-order valence-corrected chi connectivity index (χ2v) is 8.17. The van der Waals surface area contributed by atoms with E-state index < -0.39 is 0 Å². The minimum absolute atomic E-state index is 0.387. The van der Waals surface area contributed by atoms with E-state index in [0.29, 0.717) is 12.0 Å². The first kappa shape index (κ1) is 16.3. The summed E-state index contributed by atoms with van der Waals surface area (Å²) in [5, 5.41) is 0. The minimum Gasteiger partial charge on any atom is -0.323 e. The topological polar surface area (TPSA) is 8.17 Å². The first-order valence-electron chi connectivity index (χ1n) is 8.95. The van der Waals surface area contributed by atoms with Crippen LogP contribution in [0, 0.1) is 0 Å². The van der Waals surface area contributed by atoms with Crippen molar-refractivity contribution in [3.8, 4) is 11.1 Å². The number of nitrogens with zero attached hydrogens (tertiary/aromatic N) is 2. The zero-order valence-electron chi connectivity index (χ0n) is 15.2. The fraction of sp³-hybridized carbons (Fsp3) is 0.273. The highest BCUT2D eigenvalue weighted by molar-refractivity contribution is 7.98. The molecule has 0 unspecified atom stereocenters. The van der Waals surface area contributed by atoms with E-state index in [1.165, 1.54) is 33.1 Å². The van der Waals surface area contributed by atoms with E-state index in [4.69, 9.17) is 0 Å². The molecule has 0 bridgehead atoms. The Kier molecular flexibility index (Phi) is 4.12. The molecule has 0 fully saturated rings. The molecule has 0 aliphatic carbocycles. The Morgan fingerprint density at radius 1 is 0.840 bits per heavy atom. The third kappa shape index (κ3) is 2.67. The fourth-order valence-corrected chi connectivity index (χ4v) is 4.65. The molecule has 1 aromatic heterocycles. The van der Waals surface area contributed by atoms with Crippen LogP contribution in [0.2, 0.25) is 0 Å². The lowest BCUT2D eigenvalue weighted by Gasteiger charge is -2.36. The van der Waals surface area contributed by atoms with Crippen LogP contribution in [0.3, 0.4) is 0 Å². The summed E-state index contributed by atoms with van der Waals surface area (Å²) in [4.78, 5) is 3.80. The SMILES string of the molecule is CC(C)c1cn2c(c1-c1ccccc1)N(C(C)C)c1ccccc1S2. The Bertz CT molecular complexity index is 894. The van der Waals surface area contributed by atoms with Crippen LogP contribution in [-0.2, 0) is 0 Å². The molecular weight excluding hydrogens is 324 g/mol. The molecule has 0 spiro atoms. The van der Waals surface area contributed by atoms with Crippen molar-refractivity contribution in [2.45, 2.75) is 44.6 Å². The van der Waals surface area contributed by atoms with Gasteiger partial charge in [-0.15, -0.1) is 0 Å². The van der Waals surface area contributed by atoms with Crippen molar-refractivity contribution in [1.82, 2.24) is 3.97 Å². The van der Waals surface area contributed by atoms with Crippen molar-refractivity contribution in [2.24, 2.45) is 0 Å². The molecule has 0 saturated carbocycles. The Hall–Kier alpha value is -2.13. The summed E-state index contributed by atoms with van der Waals surface area (Å²) in [6.45, 7) is 9.11. The van der Waals surface area contributed by atoms with Gasteiger partial charge in [-0.2, -0.15) is 0 Å². The monoisotopic (exact) mass is 348 g/mol. The van der Waals surface area contributed by atoms with Gasteiger partial charge in [-0.25, -0.2) is 0 Å². The summed E-state index contributed by atoms with van der Waals surface area (Å²) in [5.74, 6) is 1.78. The van der Waals surface area contributed by atoms with Crippen molar-refractivity contribution >= 4 is 23.5 Å². The molecule has 4 rings (SSSR count). The van der Waals surface area contributed by atoms with Gasteiger partial charge in [0.25, 0.3) is 0 Å². The molecule has 0 radical (unpaired) electrons. The number of aromatic nitrogens is 1. The van der Waals surface area contributed by atoms with Gasteiger partial charge in [-0.3, -0.25) is 3.97 Å². The highest BCUT2D eigenvalue weighted by Crippen LogP contribution is 2.51. The third-order valence-electron chi connectivity index (χ3n) is 4.73. The summed E-state index contributed by atoms with van der Waals surface area (Å²) in [7, 11) is 0. The Morgan fingerprint density at radius 2 is 1.52 bits per heavy atom. The second kappa shape index (κ2) is 6.30. The molecular formula is C22H24N2S. The van der Waals surface area contributed by atoms with E-state index >= 15 is 0 Å². The number of fused-ring (bicyclic) bond motifs is 2. The minimum atomic E-state index is 0.387. The van der Waals surface area contributed by atoms with Crippen LogP contribution < -0.4 is 4.90 Å². The maximum Gasteiger partial charge on any atom is 0.132 e. The predicted octanol–water partition coefficient (Wildman–Crippen LogP) is 6.69. The first-order valence-corrected chi connectivity index (χ1v) is 9.72. The van der Waals surface area contributed by atoms with Gasteiger partial charge >= 0.3 is 0 Å². The highest BCUT2D eigenvalue weighted by atomic mass is 32.2. The van der Waals surface area contributed by atoms with Crippen LogP contribution in [0.4, 0.5) is 11.5 Å². The maximum absolute atomic E-state index is 2.49. The third-order valence-corrected chi connectivity index (χ3v) is 5.74. The first-order chi connectivity index (χ1) is 12.1. The van der Waals surface area contributed by atoms with Gasteiger partial charge in [0.05, 0.1) is 10.6 Å². The van der Waals surface area contributed by atoms with Crippen molar-refractivity contribution in [1.29, 1.82) is 0 Å². The molecule has 0 atom stereocenters. The van der Waals surface area contributed by atoms with E-state index in [1.54, 1.807) is 0 Å². The lowest BCUT2D eigenvalue weighted by Crippen LogP contribution is -2.29. The molecule has 2 aromatic carbocycles. The van der Waals surface area contributed by atoms with Gasteiger partial charge in [-0.1, -0.05) is 56.3 Å². The predicted molar refractivity (Wildman–Crippen MR) is 109 cm³/mol. The van der Waals surface area contributed by atoms with Crippen LogP contribution in [0.5, 0.6) is 0 Å². The summed E-state index contributed by atoms with van der Waals surface area (Å²) < 4.78 is 2.36. The quantitative estimate of drug-likeness (QED) is 0.521. The zero-order chi connectivity index (χ0) is 17.6. The van der Waals surface area contributed by atoms with E-state index in [2.05, 4.69) is 97.4 Å². The normalized spacial score (nSPS) is 13.3. The number of para-hydroxylation sites is 1. The van der Waals surface area contributed by atoms with Gasteiger partial charge in [0.15, 0.2) is 0 Å². The Balaban J connectivity index is 2.01. The lowest BCUT2D eigenvalue weighted by atomic mass is 9.96. The van der Waals surface area contributed by atoms with Crippen molar-refractivity contribution < 1.29 is 0 Å². The fourth-order valence-electron chi connectivity index (χ4n) is 3.60. The summed E-state index contributed by atoms with van der Waals surface area (Å²) in [5.41, 5.74) is 5.38. The second-order valence-electron chi connectivity index (χ2n) is 7.15. The highest BCUT2D eigenvalue weighted by Gasteiger charge is 2.31. The van der Waals surface area contributed by atoms with E-state index in [-0.39, 0.29) is 0 Å². The number of anilines is 2. The van der Waals surface area contributed by atoms with Crippen molar-refractivity contribution in [3.63, 3.8) is 0 Å². The number of benzene rings is 2. The number of hydrogen-bond donors (Lipinski definition) is 0. The molecule has 0 saturated heterocycles. The van der Waals surface area contributed by atoms with Gasteiger partial charge in [-0.05, 0) is 55.0 Å². The maximum atomic E-state index is 2.49. The molecule has 2 nitrogen and oxygen atoms in total. The molecule has 0 N–H and O–H groups in total. The van der Waals surface area contributed by atoms with Gasteiger partial charge in [0.1, 0.15) is 5.82 Å². The smallest absolute Gasteiger partial charge is 0.132 e. The molecule has 25 heavy (non-hydrogen) atoms. The van der Waals surface area contributed by atoms with Crippen LogP contribution in [0.1, 0.15) is 39.2 Å². The summed E-state index contributed by atoms with van der Waals surface area (Å²) in [6, 6.07) is 19.9. The Labute approximate surface area is 154 Å². The summed E-state index contributed by atoms with van der Waals surface area (Å²) >= 11 is 1.83. The molecule has 0 amide bonds. The number of hydrogen-bond acceptors (Lipinski definition) is 2. The van der Waals surface area contributed by atoms with Gasteiger partial charge < -0.3 is 4.90 Å². The Morgan fingerprint density at radius 3 is 2.20 bits per heavy atom. The lowest BCUT2D eigenvalue weighted by molar-refractivity contribution is 0.765. The largest absolute Gasteiger partial charge is 0.323 e. The van der Waals surface area contributed by atoms with Crippen LogP contribution in [0.15, 0.2) is 65.7 Å². The van der Waals surface area contributed by atoms with Crippen LogP contribution in [0.25, 0.3) is 11.1 Å². The van der Waals surface area contributed by atoms with Gasteiger partial charge in [0.2, 0.25) is 0 Å². The van der Waals surface area contributed by atoms with Crippen LogP contribution in [-0.4, -0.2) is 10.0 Å². The molecule has 3 heteroatoms. The molecule has 3 aromatic rings. The van der Waals surface area contributed by atoms with Crippen LogP contribution >= 0.6 is 11.9 Å². The van der Waals surface area contributed by atoms with E-state index in [9.17, 15) is 0 Å². The zero-order valence-corrected chi connectivity index (χ0v) is 16.0. The average molecular weight is 349 g/mol. The molecule has 2 heterocycles. The molecule has 1 aliphatic rings. The summed E-state index contributed by atoms with van der Waals surface area (Å²) in [6.07, 6.45) is 2.33. The molecule has 1 aliphatic heterocycles.